The Kier molecular flexibility index (Phi) is 4.83. The Morgan fingerprint density at radius 2 is 2.15 bits per heavy atom. The van der Waals surface area contributed by atoms with E-state index in [-0.39, 0.29) is 6.61 Å². The van der Waals surface area contributed by atoms with Gasteiger partial charge < -0.3 is 9.96 Å². The predicted octanol–water partition coefficient (Wildman–Crippen LogP) is 0.544. The topological polar surface area (TPSA) is 38.3 Å². The summed E-state index contributed by atoms with van der Waals surface area (Å²) >= 11 is 0. The van der Waals surface area contributed by atoms with Gasteiger partial charge in [0.2, 0.25) is 0 Å². The number of nitrogens with one attached hydrogen (secondary N) is 1. The van der Waals surface area contributed by atoms with Crippen molar-refractivity contribution in [3.8, 4) is 0 Å². The van der Waals surface area contributed by atoms with Crippen molar-refractivity contribution in [2.24, 2.45) is 0 Å². The number of carbonyl (C=O) groups excluding carboxylic acids is 1. The summed E-state index contributed by atoms with van der Waals surface area (Å²) in [6.07, 6.45) is -5.35. The molecule has 0 rings (SSSR count). The number of hydrogen-bond acceptors (Lipinski definition) is 3. The molecule has 13 heavy (non-hydrogen) atoms. The molecule has 0 amide bonds. The van der Waals surface area contributed by atoms with Crippen LogP contribution in [0.2, 0.25) is 0 Å². The van der Waals surface area contributed by atoms with Gasteiger partial charge in [0.15, 0.2) is 7.98 Å². The van der Waals surface area contributed by atoms with Crippen LogP contribution >= 0.6 is 0 Å². The van der Waals surface area contributed by atoms with Crippen molar-refractivity contribution in [2.45, 2.75) is 25.6 Å². The van der Waals surface area contributed by atoms with E-state index >= 15 is 0 Å². The third-order valence-electron chi connectivity index (χ3n) is 1.27. The highest BCUT2D eigenvalue weighted by Crippen LogP contribution is 2.22. The molecule has 0 fully saturated rings. The van der Waals surface area contributed by atoms with E-state index in [1.165, 1.54) is 12.2 Å². The van der Waals surface area contributed by atoms with Gasteiger partial charge >= 0.3 is 12.1 Å². The van der Waals surface area contributed by atoms with Crippen LogP contribution in [0.25, 0.3) is 0 Å². The minimum atomic E-state index is -4.54. The summed E-state index contributed by atoms with van der Waals surface area (Å²) in [4.78, 5) is 10.6. The summed E-state index contributed by atoms with van der Waals surface area (Å²) in [5, 5.41) is 1.51. The van der Waals surface area contributed by atoms with E-state index < -0.39 is 24.6 Å². The molecular weight excluding hydrogens is 186 g/mol. The summed E-state index contributed by atoms with van der Waals surface area (Å²) in [5.41, 5.74) is 0. The Bertz CT molecular complexity index is 174. The van der Waals surface area contributed by atoms with Gasteiger partial charge in [-0.25, -0.2) is 0 Å². The van der Waals surface area contributed by atoms with Crippen molar-refractivity contribution in [2.75, 3.05) is 6.61 Å². The molecule has 0 aromatic heterocycles. The monoisotopic (exact) mass is 195 g/mol. The van der Waals surface area contributed by atoms with Gasteiger partial charge in [0, 0.05) is 0 Å². The number of ether oxygens (including phenoxy) is 1. The second kappa shape index (κ2) is 5.11. The molecule has 0 saturated carbocycles. The van der Waals surface area contributed by atoms with Crippen LogP contribution in [0, 0.1) is 0 Å². The molecule has 1 unspecified atom stereocenters. The maximum absolute atomic E-state index is 12.0. The number of halogens is 3. The van der Waals surface area contributed by atoms with Crippen LogP contribution in [0.1, 0.15) is 13.3 Å². The zero-order chi connectivity index (χ0) is 10.5. The molecule has 0 aromatic rings. The van der Waals surface area contributed by atoms with Crippen molar-refractivity contribution in [3.63, 3.8) is 0 Å². The lowest BCUT2D eigenvalue weighted by atomic mass is 10.1. The molecule has 74 valence electrons. The summed E-state index contributed by atoms with van der Waals surface area (Å²) in [5.74, 6) is -0.928. The molecule has 0 heterocycles. The lowest BCUT2D eigenvalue weighted by Crippen LogP contribution is -2.42. The van der Waals surface area contributed by atoms with Gasteiger partial charge in [-0.1, -0.05) is 0 Å². The SMILES string of the molecule is [B]NC(CC(=O)OCC)C(F)(F)F. The first kappa shape index (κ1) is 12.3. The predicted molar refractivity (Wildman–Crippen MR) is 40.0 cm³/mol. The van der Waals surface area contributed by atoms with E-state index in [9.17, 15) is 18.0 Å². The van der Waals surface area contributed by atoms with Crippen molar-refractivity contribution >= 4 is 14.0 Å². The summed E-state index contributed by atoms with van der Waals surface area (Å²) in [6, 6.07) is -2.05. The number of hydrogen-bond donors (Lipinski definition) is 1. The molecule has 0 aliphatic heterocycles. The smallest absolute Gasteiger partial charge is 0.403 e. The molecular formula is C6H9BF3NO2. The molecule has 0 saturated heterocycles. The van der Waals surface area contributed by atoms with Gasteiger partial charge in [0.25, 0.3) is 0 Å². The Balaban J connectivity index is 4.06. The van der Waals surface area contributed by atoms with Crippen LogP contribution in [0.3, 0.4) is 0 Å². The molecule has 0 aliphatic carbocycles. The lowest BCUT2D eigenvalue weighted by Gasteiger charge is -2.18. The number of carbonyl (C=O) groups is 1. The van der Waals surface area contributed by atoms with Crippen LogP contribution < -0.4 is 5.23 Å². The lowest BCUT2D eigenvalue weighted by molar-refractivity contribution is -0.166. The molecule has 0 spiro atoms. The number of rotatable bonds is 4. The molecule has 0 aliphatic rings. The molecule has 1 N–H and O–H groups in total. The van der Waals surface area contributed by atoms with Crippen molar-refractivity contribution in [1.82, 2.24) is 5.23 Å². The van der Waals surface area contributed by atoms with Crippen LogP contribution in [0.5, 0.6) is 0 Å². The van der Waals surface area contributed by atoms with Crippen LogP contribution in [-0.2, 0) is 9.53 Å². The molecule has 0 bridgehead atoms. The van der Waals surface area contributed by atoms with E-state index in [0.29, 0.717) is 0 Å². The van der Waals surface area contributed by atoms with E-state index in [2.05, 4.69) is 12.7 Å². The molecule has 7 heteroatoms. The normalized spacial score (nSPS) is 13.8. The maximum Gasteiger partial charge on any atom is 0.403 e. The highest BCUT2D eigenvalue weighted by atomic mass is 19.4. The first-order valence-corrected chi connectivity index (χ1v) is 3.60. The summed E-state index contributed by atoms with van der Waals surface area (Å²) in [6.45, 7) is 1.56. The van der Waals surface area contributed by atoms with Gasteiger partial charge in [-0.15, -0.1) is 0 Å². The van der Waals surface area contributed by atoms with E-state index in [0.717, 1.165) is 0 Å². The fourth-order valence-corrected chi connectivity index (χ4v) is 0.656. The fourth-order valence-electron chi connectivity index (χ4n) is 0.656. The highest BCUT2D eigenvalue weighted by Gasteiger charge is 2.39. The van der Waals surface area contributed by atoms with Crippen LogP contribution in [-0.4, -0.2) is 32.8 Å². The average Bonchev–Trinajstić information content (AvgIpc) is 1.98. The highest BCUT2D eigenvalue weighted by molar-refractivity contribution is 6.04. The average molecular weight is 195 g/mol. The maximum atomic E-state index is 12.0. The Hall–Kier alpha value is -0.715. The minimum absolute atomic E-state index is 0.0496. The van der Waals surface area contributed by atoms with Gasteiger partial charge in [-0.05, 0) is 6.92 Å². The first-order valence-electron chi connectivity index (χ1n) is 3.60. The van der Waals surface area contributed by atoms with Crippen LogP contribution in [0.15, 0.2) is 0 Å². The standard InChI is InChI=1S/C6H9BF3NO2/c1-2-13-5(12)3-4(11-7)6(8,9)10/h4,11H,2-3H2,1H3. The third kappa shape index (κ3) is 4.77. The van der Waals surface area contributed by atoms with E-state index in [4.69, 9.17) is 0 Å². The fraction of sp³-hybridized carbons (Fsp3) is 0.833. The van der Waals surface area contributed by atoms with Crippen molar-refractivity contribution in [1.29, 1.82) is 0 Å². The molecule has 0 aromatic carbocycles. The molecule has 3 nitrogen and oxygen atoms in total. The largest absolute Gasteiger partial charge is 0.466 e. The quantitative estimate of drug-likeness (QED) is 0.525. The molecule has 2 radical (unpaired) electrons. The Morgan fingerprint density at radius 3 is 2.46 bits per heavy atom. The number of alkyl halides is 3. The Morgan fingerprint density at radius 1 is 1.62 bits per heavy atom. The number of esters is 1. The van der Waals surface area contributed by atoms with Gasteiger partial charge in [-0.3, -0.25) is 4.79 Å². The summed E-state index contributed by atoms with van der Waals surface area (Å²) < 4.78 is 40.2. The second-order valence-electron chi connectivity index (χ2n) is 2.27. The van der Waals surface area contributed by atoms with Crippen molar-refractivity contribution < 1.29 is 22.7 Å². The van der Waals surface area contributed by atoms with Gasteiger partial charge in [0.05, 0.1) is 13.0 Å². The van der Waals surface area contributed by atoms with Crippen LogP contribution in [0.4, 0.5) is 13.2 Å². The van der Waals surface area contributed by atoms with E-state index in [1.807, 2.05) is 0 Å². The minimum Gasteiger partial charge on any atom is -0.466 e. The van der Waals surface area contributed by atoms with Crippen molar-refractivity contribution in [3.05, 3.63) is 0 Å². The zero-order valence-electron chi connectivity index (χ0n) is 7.02. The van der Waals surface area contributed by atoms with Gasteiger partial charge in [0.1, 0.15) is 6.04 Å². The Labute approximate surface area is 75.1 Å². The molecule has 1 atom stereocenters. The van der Waals surface area contributed by atoms with Gasteiger partial charge in [-0.2, -0.15) is 13.2 Å². The van der Waals surface area contributed by atoms with E-state index in [1.54, 1.807) is 0 Å². The first-order chi connectivity index (χ1) is 5.91. The summed E-state index contributed by atoms with van der Waals surface area (Å²) in [7, 11) is 4.63. The third-order valence-corrected chi connectivity index (χ3v) is 1.27. The zero-order valence-corrected chi connectivity index (χ0v) is 7.02. The second-order valence-corrected chi connectivity index (χ2v) is 2.27.